The maximum atomic E-state index is 11.2. The van der Waals surface area contributed by atoms with Gasteiger partial charge in [0.15, 0.2) is 0 Å². The number of hydrogen-bond acceptors (Lipinski definition) is 6. The van der Waals surface area contributed by atoms with Crippen molar-refractivity contribution in [3.8, 4) is 5.88 Å². The molecule has 1 heterocycles. The Bertz CT molecular complexity index is 437. The van der Waals surface area contributed by atoms with Gasteiger partial charge in [0, 0.05) is 5.56 Å². The van der Waals surface area contributed by atoms with E-state index in [9.17, 15) is 4.79 Å². The number of ether oxygens (including phenoxy) is 2. The molecule has 2 N–H and O–H groups in total. The fourth-order valence-electron chi connectivity index (χ4n) is 2.00. The van der Waals surface area contributed by atoms with E-state index >= 15 is 0 Å². The molecule has 1 aliphatic carbocycles. The van der Waals surface area contributed by atoms with Crippen molar-refractivity contribution in [1.29, 1.82) is 0 Å². The molecule has 0 spiro atoms. The van der Waals surface area contributed by atoms with E-state index in [1.807, 2.05) is 0 Å². The molecule has 1 atom stereocenters. The molecular weight excluding hydrogens is 234 g/mol. The first kappa shape index (κ1) is 12.8. The van der Waals surface area contributed by atoms with Crippen LogP contribution in [0.25, 0.3) is 0 Å². The van der Waals surface area contributed by atoms with Gasteiger partial charge in [0.2, 0.25) is 5.88 Å². The van der Waals surface area contributed by atoms with Crippen molar-refractivity contribution >= 4 is 5.97 Å². The lowest BCUT2D eigenvalue weighted by molar-refractivity contribution is -0.142. The van der Waals surface area contributed by atoms with Crippen molar-refractivity contribution in [3.63, 3.8) is 0 Å². The molecule has 1 aromatic heterocycles. The Hall–Kier alpha value is -1.69. The van der Waals surface area contributed by atoms with Gasteiger partial charge in [0.25, 0.3) is 0 Å². The molecule has 98 valence electrons. The summed E-state index contributed by atoms with van der Waals surface area (Å²) in [4.78, 5) is 19.5. The summed E-state index contributed by atoms with van der Waals surface area (Å²) in [5.74, 6) is 0.0528. The van der Waals surface area contributed by atoms with Gasteiger partial charge in [0.1, 0.15) is 19.0 Å². The van der Waals surface area contributed by atoms with Crippen LogP contribution in [0.4, 0.5) is 0 Å². The summed E-state index contributed by atoms with van der Waals surface area (Å²) in [6.45, 7) is 0.0656. The molecule has 0 radical (unpaired) electrons. The number of fused-ring (bicyclic) bond motifs is 1. The number of esters is 1. The Labute approximate surface area is 106 Å². The molecule has 6 heteroatoms. The number of methoxy groups -OCH3 is 1. The summed E-state index contributed by atoms with van der Waals surface area (Å²) < 4.78 is 10.0. The summed E-state index contributed by atoms with van der Waals surface area (Å²) >= 11 is 0. The largest absolute Gasteiger partial charge is 0.475 e. The third-order valence-corrected chi connectivity index (χ3v) is 2.99. The van der Waals surface area contributed by atoms with Gasteiger partial charge in [-0.1, -0.05) is 0 Å². The van der Waals surface area contributed by atoms with Gasteiger partial charge >= 0.3 is 5.97 Å². The fraction of sp³-hybridized carbons (Fsp3) is 0.583. The first-order chi connectivity index (χ1) is 8.72. The first-order valence-electron chi connectivity index (χ1n) is 6.01. The third kappa shape index (κ3) is 2.76. The Morgan fingerprint density at radius 3 is 3.00 bits per heavy atom. The molecule has 0 fully saturated rings. The van der Waals surface area contributed by atoms with E-state index in [1.54, 1.807) is 0 Å². The van der Waals surface area contributed by atoms with E-state index in [0.29, 0.717) is 5.88 Å². The minimum absolute atomic E-state index is 0.0656. The lowest BCUT2D eigenvalue weighted by Gasteiger charge is -2.18. The molecule has 0 amide bonds. The van der Waals surface area contributed by atoms with Crippen LogP contribution in [0.1, 0.15) is 24.1 Å². The number of hydrogen-bond donors (Lipinski definition) is 1. The van der Waals surface area contributed by atoms with Gasteiger partial charge in [-0.3, -0.25) is 4.79 Å². The highest BCUT2D eigenvalue weighted by atomic mass is 16.5. The number of carbonyl (C=O) groups excluding carboxylic acids is 1. The van der Waals surface area contributed by atoms with Gasteiger partial charge in [-0.15, -0.1) is 0 Å². The number of aryl methyl sites for hydroxylation is 1. The minimum atomic E-state index is -0.788. The maximum Gasteiger partial charge on any atom is 0.326 e. The second kappa shape index (κ2) is 5.77. The zero-order valence-corrected chi connectivity index (χ0v) is 10.4. The zero-order chi connectivity index (χ0) is 13.0. The second-order valence-electron chi connectivity index (χ2n) is 4.25. The van der Waals surface area contributed by atoms with Crippen LogP contribution in [-0.2, 0) is 22.4 Å². The summed E-state index contributed by atoms with van der Waals surface area (Å²) in [7, 11) is 1.30. The standard InChI is InChI=1S/C12H17N3O3/c1-17-12(16)9(13)6-18-11-8-4-2-3-5-10(8)14-7-15-11/h7,9H,2-6,13H2,1H3. The highest BCUT2D eigenvalue weighted by Crippen LogP contribution is 2.25. The number of carbonyl (C=O) groups is 1. The summed E-state index contributed by atoms with van der Waals surface area (Å²) in [5.41, 5.74) is 7.69. The van der Waals surface area contributed by atoms with Crippen LogP contribution in [0.5, 0.6) is 5.88 Å². The molecule has 18 heavy (non-hydrogen) atoms. The van der Waals surface area contributed by atoms with E-state index < -0.39 is 12.0 Å². The van der Waals surface area contributed by atoms with Crippen LogP contribution in [0, 0.1) is 0 Å². The average molecular weight is 251 g/mol. The van der Waals surface area contributed by atoms with E-state index in [-0.39, 0.29) is 6.61 Å². The summed E-state index contributed by atoms with van der Waals surface area (Å²) in [6.07, 6.45) is 5.62. The number of nitrogens with two attached hydrogens (primary N) is 1. The smallest absolute Gasteiger partial charge is 0.326 e. The van der Waals surface area contributed by atoms with Gasteiger partial charge in [-0.05, 0) is 25.7 Å². The van der Waals surface area contributed by atoms with E-state index in [0.717, 1.165) is 36.9 Å². The number of nitrogens with zero attached hydrogens (tertiary/aromatic N) is 2. The van der Waals surface area contributed by atoms with Gasteiger partial charge in [-0.25, -0.2) is 9.97 Å². The SMILES string of the molecule is COC(=O)C(N)COc1ncnc2c1CCCC2. The van der Waals surface area contributed by atoms with E-state index in [4.69, 9.17) is 10.5 Å². The first-order valence-corrected chi connectivity index (χ1v) is 6.01. The molecule has 0 aliphatic heterocycles. The molecule has 2 rings (SSSR count). The van der Waals surface area contributed by atoms with E-state index in [1.165, 1.54) is 13.4 Å². The molecule has 1 unspecified atom stereocenters. The minimum Gasteiger partial charge on any atom is -0.475 e. The Morgan fingerprint density at radius 2 is 2.22 bits per heavy atom. The Morgan fingerprint density at radius 1 is 1.44 bits per heavy atom. The normalized spacial score (nSPS) is 15.7. The van der Waals surface area contributed by atoms with Crippen LogP contribution >= 0.6 is 0 Å². The molecular formula is C12H17N3O3. The van der Waals surface area contributed by atoms with Crippen molar-refractivity contribution in [3.05, 3.63) is 17.6 Å². The maximum absolute atomic E-state index is 11.2. The number of aromatic nitrogens is 2. The Balaban J connectivity index is 2.03. The predicted octanol–water partition coefficient (Wildman–Crippen LogP) is 0.234. The quantitative estimate of drug-likeness (QED) is 0.771. The van der Waals surface area contributed by atoms with Gasteiger partial charge < -0.3 is 15.2 Å². The van der Waals surface area contributed by atoms with E-state index in [2.05, 4.69) is 14.7 Å². The third-order valence-electron chi connectivity index (χ3n) is 2.99. The molecule has 0 aromatic carbocycles. The Kier molecular flexibility index (Phi) is 4.09. The topological polar surface area (TPSA) is 87.3 Å². The molecule has 0 saturated carbocycles. The van der Waals surface area contributed by atoms with Crippen LogP contribution in [0.15, 0.2) is 6.33 Å². The van der Waals surface area contributed by atoms with Crippen molar-refractivity contribution in [2.75, 3.05) is 13.7 Å². The average Bonchev–Trinajstić information content (AvgIpc) is 2.43. The molecule has 0 bridgehead atoms. The van der Waals surface area contributed by atoms with Crippen molar-refractivity contribution in [2.24, 2.45) is 5.73 Å². The van der Waals surface area contributed by atoms with Crippen LogP contribution in [0.3, 0.4) is 0 Å². The summed E-state index contributed by atoms with van der Waals surface area (Å²) in [5, 5.41) is 0. The second-order valence-corrected chi connectivity index (χ2v) is 4.25. The van der Waals surface area contributed by atoms with Crippen LogP contribution in [-0.4, -0.2) is 35.7 Å². The van der Waals surface area contributed by atoms with Crippen LogP contribution < -0.4 is 10.5 Å². The molecule has 0 saturated heterocycles. The molecule has 6 nitrogen and oxygen atoms in total. The monoisotopic (exact) mass is 251 g/mol. The van der Waals surface area contributed by atoms with Crippen molar-refractivity contribution < 1.29 is 14.3 Å². The number of rotatable bonds is 4. The molecule has 1 aliphatic rings. The highest BCUT2D eigenvalue weighted by Gasteiger charge is 2.19. The highest BCUT2D eigenvalue weighted by molar-refractivity contribution is 5.75. The lowest BCUT2D eigenvalue weighted by atomic mass is 9.97. The van der Waals surface area contributed by atoms with Crippen molar-refractivity contribution in [2.45, 2.75) is 31.7 Å². The van der Waals surface area contributed by atoms with Gasteiger partial charge in [0.05, 0.1) is 12.8 Å². The fourth-order valence-corrected chi connectivity index (χ4v) is 2.00. The van der Waals surface area contributed by atoms with Gasteiger partial charge in [-0.2, -0.15) is 0 Å². The zero-order valence-electron chi connectivity index (χ0n) is 10.4. The van der Waals surface area contributed by atoms with Crippen LogP contribution in [0.2, 0.25) is 0 Å². The lowest BCUT2D eigenvalue weighted by Crippen LogP contribution is -2.37. The summed E-state index contributed by atoms with van der Waals surface area (Å²) in [6, 6.07) is -0.788. The van der Waals surface area contributed by atoms with Crippen molar-refractivity contribution in [1.82, 2.24) is 9.97 Å². The molecule has 1 aromatic rings. The predicted molar refractivity (Wildman–Crippen MR) is 64.2 cm³/mol.